The molecule has 2 aliphatic rings. The van der Waals surface area contributed by atoms with E-state index in [0.29, 0.717) is 18.4 Å². The van der Waals surface area contributed by atoms with Gasteiger partial charge in [0.1, 0.15) is 18.1 Å². The number of aromatic nitrogens is 1. The van der Waals surface area contributed by atoms with Gasteiger partial charge in [-0.25, -0.2) is 0 Å². The average molecular weight is 832 g/mol. The number of amides is 6. The molecule has 2 bridgehead atoms. The van der Waals surface area contributed by atoms with Crippen molar-refractivity contribution in [2.24, 2.45) is 22.2 Å². The highest BCUT2D eigenvalue weighted by atomic mass is 33.1. The van der Waals surface area contributed by atoms with Gasteiger partial charge in [-0.05, 0) is 43.7 Å². The molecule has 0 spiro atoms. The standard InChI is InChI=1S/C35H49N11O9S2/c36-31(52)26-17-57-56-12-10-27(47)43-22(7-3-4-11-39-35(37)38)32(53)41-16-28(48)44-25(14-29(49)50)34(55)45-24(13-18-15-40-20-6-2-1-5-19(18)20)30(51)21-8-9-23(42-21)33(54)46-26/h1-2,5-6,15,21-26,40,42H,3-4,7-14,16-17H2,(H2,36,52)(H,41,53)(H,43,47)(H,44,48)(H,45,55)(H,46,54)(H,49,50)(H4,37,38,39)/t21-,22+,23+,24+,25+,26+/m1/s1. The number of unbranched alkanes of at least 4 members (excludes halogenated alkanes) is 1. The number of carboxylic acid groups (broad SMARTS) is 1. The van der Waals surface area contributed by atoms with Gasteiger partial charge >= 0.3 is 5.97 Å². The number of aromatic amines is 1. The minimum atomic E-state index is -1.65. The van der Waals surface area contributed by atoms with E-state index in [9.17, 15) is 43.5 Å². The van der Waals surface area contributed by atoms with Crippen molar-refractivity contribution in [3.63, 3.8) is 0 Å². The first-order valence-electron chi connectivity index (χ1n) is 18.3. The second-order valence-corrected chi connectivity index (χ2v) is 16.2. The number of nitrogens with zero attached hydrogens (tertiary/aromatic N) is 1. The van der Waals surface area contributed by atoms with Crippen LogP contribution in [-0.2, 0) is 44.8 Å². The molecule has 1 aromatic carbocycles. The quantitative estimate of drug-likeness (QED) is 0.0517. The van der Waals surface area contributed by atoms with Crippen LogP contribution in [0.4, 0.5) is 0 Å². The highest BCUT2D eigenvalue weighted by molar-refractivity contribution is 8.76. The molecular weight excluding hydrogens is 783 g/mol. The van der Waals surface area contributed by atoms with E-state index in [1.54, 1.807) is 6.20 Å². The zero-order valence-corrected chi connectivity index (χ0v) is 32.7. The number of Topliss-reactive ketones (excluding diaryl/α,β-unsaturated/α-hetero) is 1. The average Bonchev–Trinajstić information content (AvgIpc) is 3.82. The van der Waals surface area contributed by atoms with Crippen LogP contribution in [-0.4, -0.2) is 124 Å². The molecule has 14 N–H and O–H groups in total. The SMILES string of the molecule is NC(=O)[C@@H]1CSSCCC(=O)N[C@@H](CCCCN=C(N)N)C(=O)NCC(=O)N[C@@H](CC(=O)O)C(=O)N[C@@H](Cc2c[nH]c3ccccc23)C(=O)[C@H]2CC[C@H](N2)C(=O)N1. The van der Waals surface area contributed by atoms with Crippen molar-refractivity contribution in [3.05, 3.63) is 36.0 Å². The number of carboxylic acids is 1. The van der Waals surface area contributed by atoms with Gasteiger partial charge in [0, 0.05) is 48.0 Å². The first-order valence-corrected chi connectivity index (χ1v) is 20.8. The molecule has 1 aromatic heterocycles. The predicted octanol–water partition coefficient (Wildman–Crippen LogP) is -2.36. The number of carbonyl (C=O) groups is 8. The molecule has 0 aliphatic carbocycles. The third kappa shape index (κ3) is 14.0. The van der Waals surface area contributed by atoms with Gasteiger partial charge in [-0.2, -0.15) is 0 Å². The highest BCUT2D eigenvalue weighted by Gasteiger charge is 2.39. The molecule has 22 heteroatoms. The van der Waals surface area contributed by atoms with Crippen LogP contribution in [0.1, 0.15) is 50.5 Å². The van der Waals surface area contributed by atoms with Crippen molar-refractivity contribution in [3.8, 4) is 0 Å². The van der Waals surface area contributed by atoms with Crippen LogP contribution >= 0.6 is 21.6 Å². The summed E-state index contributed by atoms with van der Waals surface area (Å²) < 4.78 is 0. The monoisotopic (exact) mass is 831 g/mol. The number of aliphatic carboxylic acids is 1. The van der Waals surface area contributed by atoms with Crippen LogP contribution in [0.5, 0.6) is 0 Å². The lowest BCUT2D eigenvalue weighted by molar-refractivity contribution is -0.141. The Morgan fingerprint density at radius 3 is 2.30 bits per heavy atom. The van der Waals surface area contributed by atoms with E-state index in [1.165, 1.54) is 21.6 Å². The van der Waals surface area contributed by atoms with Crippen molar-refractivity contribution in [1.82, 2.24) is 36.9 Å². The summed E-state index contributed by atoms with van der Waals surface area (Å²) in [7, 11) is 2.47. The number of rotatable bonds is 10. The van der Waals surface area contributed by atoms with Gasteiger partial charge in [-0.1, -0.05) is 39.8 Å². The van der Waals surface area contributed by atoms with Gasteiger partial charge in [0.2, 0.25) is 35.4 Å². The summed E-state index contributed by atoms with van der Waals surface area (Å²) >= 11 is 0. The second kappa shape index (κ2) is 21.8. The molecule has 3 heterocycles. The van der Waals surface area contributed by atoms with Crippen molar-refractivity contribution in [1.29, 1.82) is 0 Å². The molecule has 0 radical (unpaired) electrons. The van der Waals surface area contributed by atoms with E-state index in [4.69, 9.17) is 17.2 Å². The third-order valence-electron chi connectivity index (χ3n) is 9.26. The summed E-state index contributed by atoms with van der Waals surface area (Å²) in [6.45, 7) is -0.379. The van der Waals surface area contributed by atoms with Crippen LogP contribution in [0.15, 0.2) is 35.5 Å². The number of aliphatic imine (C=N–C) groups is 1. The van der Waals surface area contributed by atoms with E-state index < -0.39 is 96.4 Å². The van der Waals surface area contributed by atoms with Crippen molar-refractivity contribution in [2.45, 2.75) is 87.6 Å². The Balaban J connectivity index is 1.58. The van der Waals surface area contributed by atoms with E-state index in [-0.39, 0.29) is 56.1 Å². The van der Waals surface area contributed by atoms with Crippen LogP contribution < -0.4 is 49.1 Å². The van der Waals surface area contributed by atoms with Gasteiger partial charge in [0.15, 0.2) is 11.7 Å². The minimum absolute atomic E-state index is 0.0157. The summed E-state index contributed by atoms with van der Waals surface area (Å²) in [5.41, 5.74) is 17.8. The molecule has 20 nitrogen and oxygen atoms in total. The molecule has 6 amide bonds. The molecule has 57 heavy (non-hydrogen) atoms. The fourth-order valence-corrected chi connectivity index (χ4v) is 8.50. The topological polar surface area (TPSA) is 335 Å². The lowest BCUT2D eigenvalue weighted by Crippen LogP contribution is -2.57. The fourth-order valence-electron chi connectivity index (χ4n) is 6.33. The predicted molar refractivity (Wildman–Crippen MR) is 213 cm³/mol. The number of carbonyl (C=O) groups excluding carboxylic acids is 7. The van der Waals surface area contributed by atoms with Crippen LogP contribution in [0.3, 0.4) is 0 Å². The van der Waals surface area contributed by atoms with Crippen LogP contribution in [0.2, 0.25) is 0 Å². The van der Waals surface area contributed by atoms with E-state index >= 15 is 0 Å². The summed E-state index contributed by atoms with van der Waals surface area (Å²) in [4.78, 5) is 111. The number of para-hydroxylation sites is 1. The molecule has 2 aliphatic heterocycles. The van der Waals surface area contributed by atoms with E-state index in [1.807, 2.05) is 24.3 Å². The molecule has 0 unspecified atom stereocenters. The Morgan fingerprint density at radius 1 is 0.825 bits per heavy atom. The van der Waals surface area contributed by atoms with Gasteiger partial charge < -0.3 is 53.9 Å². The number of H-pyrrole nitrogens is 1. The van der Waals surface area contributed by atoms with E-state index in [0.717, 1.165) is 10.9 Å². The molecule has 4 rings (SSSR count). The van der Waals surface area contributed by atoms with Gasteiger partial charge in [0.05, 0.1) is 31.1 Å². The van der Waals surface area contributed by atoms with Gasteiger partial charge in [-0.15, -0.1) is 0 Å². The Labute approximate surface area is 335 Å². The normalized spacial score (nSPS) is 24.9. The third-order valence-corrected chi connectivity index (χ3v) is 11.7. The molecular formula is C35H49N11O9S2. The molecule has 2 saturated heterocycles. The zero-order chi connectivity index (χ0) is 41.5. The molecule has 310 valence electrons. The Hall–Kier alpha value is -5.35. The fraction of sp³-hybridized carbons (Fsp3) is 0.514. The van der Waals surface area contributed by atoms with Crippen molar-refractivity contribution in [2.75, 3.05) is 24.6 Å². The molecule has 6 atom stereocenters. The maximum Gasteiger partial charge on any atom is 0.305 e. The van der Waals surface area contributed by atoms with Gasteiger partial charge in [-0.3, -0.25) is 48.7 Å². The smallest absolute Gasteiger partial charge is 0.305 e. The lowest BCUT2D eigenvalue weighted by Gasteiger charge is -2.25. The van der Waals surface area contributed by atoms with E-state index in [2.05, 4.69) is 41.9 Å². The number of nitrogens with one attached hydrogen (secondary N) is 7. The summed E-state index contributed by atoms with van der Waals surface area (Å²) in [5.74, 6) is -6.03. The van der Waals surface area contributed by atoms with Crippen molar-refractivity contribution >= 4 is 85.6 Å². The number of benzene rings is 1. The molecule has 0 saturated carbocycles. The summed E-state index contributed by atoms with van der Waals surface area (Å²) in [6.07, 6.45) is 2.29. The number of primary amides is 1. The number of hydrogen-bond donors (Lipinski definition) is 11. The number of nitrogens with two attached hydrogens (primary N) is 3. The largest absolute Gasteiger partial charge is 0.481 e. The lowest BCUT2D eigenvalue weighted by atomic mass is 9.96. The number of fused-ring (bicyclic) bond motifs is 3. The molecule has 2 aromatic rings. The van der Waals surface area contributed by atoms with Crippen LogP contribution in [0, 0.1) is 0 Å². The Kier molecular flexibility index (Phi) is 17.0. The number of hydrogen-bond acceptors (Lipinski definition) is 12. The first-order chi connectivity index (χ1) is 27.2. The van der Waals surface area contributed by atoms with Crippen molar-refractivity contribution < 1.29 is 43.5 Å². The summed E-state index contributed by atoms with van der Waals surface area (Å²) in [5, 5.41) is 26.1. The maximum absolute atomic E-state index is 14.1. The second-order valence-electron chi connectivity index (χ2n) is 13.6. The number of guanidine groups is 1. The highest BCUT2D eigenvalue weighted by Crippen LogP contribution is 2.24. The van der Waals surface area contributed by atoms with Gasteiger partial charge in [0.25, 0.3) is 0 Å². The maximum atomic E-state index is 14.1. The summed E-state index contributed by atoms with van der Waals surface area (Å²) in [6, 6.07) is 0.494. The minimum Gasteiger partial charge on any atom is -0.481 e. The number of ketones is 1. The zero-order valence-electron chi connectivity index (χ0n) is 31.0. The molecule has 2 fully saturated rings. The van der Waals surface area contributed by atoms with Crippen LogP contribution in [0.25, 0.3) is 10.9 Å². The first kappa shape index (κ1) is 44.4. The Morgan fingerprint density at radius 2 is 1.56 bits per heavy atom. The Bertz CT molecular complexity index is 1840.